The molecule has 1 aromatic heterocycles. The first-order valence-electron chi connectivity index (χ1n) is 11.0. The average Bonchev–Trinajstić information content (AvgIpc) is 3.15. The van der Waals surface area contributed by atoms with Gasteiger partial charge in [-0.3, -0.25) is 9.59 Å². The van der Waals surface area contributed by atoms with E-state index in [1.807, 2.05) is 36.7 Å². The Hall–Kier alpha value is -3.81. The zero-order valence-corrected chi connectivity index (χ0v) is 19.1. The predicted octanol–water partition coefficient (Wildman–Crippen LogP) is 3.85. The molecule has 2 amide bonds. The lowest BCUT2D eigenvalue weighted by Gasteiger charge is -2.17. The van der Waals surface area contributed by atoms with Gasteiger partial charge in [0.25, 0.3) is 0 Å². The third-order valence-corrected chi connectivity index (χ3v) is 5.71. The number of unbranched alkanes of at least 4 members (excludes halogenated alkanes) is 1. The van der Waals surface area contributed by atoms with Crippen LogP contribution in [0.1, 0.15) is 30.9 Å². The number of nitrogens with one attached hydrogen (secondary N) is 1. The molecular weight excluding hydrogens is 420 g/mol. The minimum atomic E-state index is -0.279. The Labute approximate surface area is 192 Å². The Morgan fingerprint density at radius 2 is 1.94 bits per heavy atom. The van der Waals surface area contributed by atoms with Crippen LogP contribution in [0.15, 0.2) is 42.9 Å². The SMILES string of the molecule is CCCCn1cnc2cc(NC(=O)CN3C=Cc4cc(OC)c(OC)cc4CC3=O)ccc21. The first-order valence-corrected chi connectivity index (χ1v) is 11.0. The summed E-state index contributed by atoms with van der Waals surface area (Å²) in [6, 6.07) is 9.30. The molecule has 0 bridgehead atoms. The van der Waals surface area contributed by atoms with Crippen LogP contribution in [-0.4, -0.2) is 47.0 Å². The van der Waals surface area contributed by atoms with Crippen LogP contribution in [0, 0.1) is 0 Å². The Morgan fingerprint density at radius 1 is 1.15 bits per heavy atom. The van der Waals surface area contributed by atoms with E-state index in [2.05, 4.69) is 21.8 Å². The second-order valence-electron chi connectivity index (χ2n) is 7.96. The molecule has 1 aliphatic heterocycles. The summed E-state index contributed by atoms with van der Waals surface area (Å²) in [7, 11) is 3.13. The van der Waals surface area contributed by atoms with Gasteiger partial charge in [0.05, 0.1) is 38.0 Å². The highest BCUT2D eigenvalue weighted by Crippen LogP contribution is 2.32. The summed E-state index contributed by atoms with van der Waals surface area (Å²) in [4.78, 5) is 31.4. The minimum Gasteiger partial charge on any atom is -0.493 e. The fourth-order valence-corrected chi connectivity index (χ4v) is 3.91. The summed E-state index contributed by atoms with van der Waals surface area (Å²) < 4.78 is 12.8. The van der Waals surface area contributed by atoms with Gasteiger partial charge in [-0.15, -0.1) is 0 Å². The molecule has 3 aromatic rings. The number of carbonyl (C=O) groups excluding carboxylic acids is 2. The van der Waals surface area contributed by atoms with Crippen molar-refractivity contribution in [2.75, 3.05) is 26.1 Å². The number of fused-ring (bicyclic) bond motifs is 2. The van der Waals surface area contributed by atoms with Crippen molar-refractivity contribution in [2.45, 2.75) is 32.7 Å². The van der Waals surface area contributed by atoms with Gasteiger partial charge in [-0.05, 0) is 54.0 Å². The Bertz CT molecular complexity index is 1210. The predicted molar refractivity (Wildman–Crippen MR) is 127 cm³/mol. The summed E-state index contributed by atoms with van der Waals surface area (Å²) >= 11 is 0. The van der Waals surface area contributed by atoms with Gasteiger partial charge in [0.1, 0.15) is 6.54 Å². The van der Waals surface area contributed by atoms with Gasteiger partial charge < -0.3 is 24.3 Å². The number of hydrogen-bond donors (Lipinski definition) is 1. The maximum absolute atomic E-state index is 12.8. The van der Waals surface area contributed by atoms with E-state index in [-0.39, 0.29) is 24.8 Å². The van der Waals surface area contributed by atoms with Gasteiger partial charge in [0.15, 0.2) is 11.5 Å². The van der Waals surface area contributed by atoms with Crippen molar-refractivity contribution in [3.8, 4) is 11.5 Å². The molecule has 1 aliphatic rings. The van der Waals surface area contributed by atoms with E-state index in [4.69, 9.17) is 9.47 Å². The van der Waals surface area contributed by atoms with Crippen LogP contribution >= 0.6 is 0 Å². The maximum atomic E-state index is 12.8. The molecule has 33 heavy (non-hydrogen) atoms. The molecule has 0 saturated carbocycles. The number of nitrogens with zero attached hydrogens (tertiary/aromatic N) is 3. The zero-order chi connectivity index (χ0) is 23.4. The second kappa shape index (κ2) is 9.77. The number of benzene rings is 2. The smallest absolute Gasteiger partial charge is 0.244 e. The lowest BCUT2D eigenvalue weighted by Crippen LogP contribution is -2.34. The van der Waals surface area contributed by atoms with E-state index >= 15 is 0 Å². The number of rotatable bonds is 8. The van der Waals surface area contributed by atoms with Gasteiger partial charge >= 0.3 is 0 Å². The zero-order valence-electron chi connectivity index (χ0n) is 19.1. The molecule has 2 heterocycles. The first kappa shape index (κ1) is 22.4. The van der Waals surface area contributed by atoms with Crippen molar-refractivity contribution < 1.29 is 19.1 Å². The molecule has 0 atom stereocenters. The fraction of sp³-hybridized carbons (Fsp3) is 0.320. The van der Waals surface area contributed by atoms with Crippen molar-refractivity contribution in [1.82, 2.24) is 14.5 Å². The van der Waals surface area contributed by atoms with Gasteiger partial charge in [0.2, 0.25) is 11.8 Å². The number of imidazole rings is 1. The molecule has 8 nitrogen and oxygen atoms in total. The van der Waals surface area contributed by atoms with E-state index in [0.29, 0.717) is 17.2 Å². The molecule has 0 radical (unpaired) electrons. The normalized spacial score (nSPS) is 13.1. The lowest BCUT2D eigenvalue weighted by molar-refractivity contribution is -0.131. The van der Waals surface area contributed by atoms with Crippen LogP contribution in [0.3, 0.4) is 0 Å². The van der Waals surface area contributed by atoms with E-state index in [1.165, 1.54) is 4.90 Å². The quantitative estimate of drug-likeness (QED) is 0.566. The summed E-state index contributed by atoms with van der Waals surface area (Å²) in [6.07, 6.45) is 7.64. The number of aryl methyl sites for hydroxylation is 1. The van der Waals surface area contributed by atoms with E-state index < -0.39 is 0 Å². The third-order valence-electron chi connectivity index (χ3n) is 5.71. The summed E-state index contributed by atoms with van der Waals surface area (Å²) in [6.45, 7) is 2.99. The Balaban J connectivity index is 1.44. The summed E-state index contributed by atoms with van der Waals surface area (Å²) in [5.74, 6) is 0.708. The van der Waals surface area contributed by atoms with Crippen molar-refractivity contribution in [3.63, 3.8) is 0 Å². The number of anilines is 1. The van der Waals surface area contributed by atoms with Crippen molar-refractivity contribution in [1.29, 1.82) is 0 Å². The minimum absolute atomic E-state index is 0.0828. The molecule has 8 heteroatoms. The number of carbonyl (C=O) groups is 2. The van der Waals surface area contributed by atoms with E-state index in [9.17, 15) is 9.59 Å². The lowest BCUT2D eigenvalue weighted by atomic mass is 10.0. The molecule has 172 valence electrons. The maximum Gasteiger partial charge on any atom is 0.244 e. The molecule has 0 saturated heterocycles. The molecule has 0 fully saturated rings. The van der Waals surface area contributed by atoms with Crippen LogP contribution in [-0.2, 0) is 22.6 Å². The second-order valence-corrected chi connectivity index (χ2v) is 7.96. The first-order chi connectivity index (χ1) is 16.0. The number of aromatic nitrogens is 2. The third kappa shape index (κ3) is 4.84. The topological polar surface area (TPSA) is 85.7 Å². The van der Waals surface area contributed by atoms with Crippen LogP contribution in [0.2, 0.25) is 0 Å². The highest BCUT2D eigenvalue weighted by Gasteiger charge is 2.21. The fourth-order valence-electron chi connectivity index (χ4n) is 3.91. The summed E-state index contributed by atoms with van der Waals surface area (Å²) in [5.41, 5.74) is 4.19. The van der Waals surface area contributed by atoms with Crippen LogP contribution in [0.4, 0.5) is 5.69 Å². The van der Waals surface area contributed by atoms with Crippen molar-refractivity contribution >= 4 is 34.6 Å². The molecule has 4 rings (SSSR count). The highest BCUT2D eigenvalue weighted by molar-refractivity contribution is 5.97. The number of methoxy groups -OCH3 is 2. The number of hydrogen-bond acceptors (Lipinski definition) is 5. The van der Waals surface area contributed by atoms with Gasteiger partial charge in [-0.2, -0.15) is 0 Å². The molecular formula is C25H28N4O4. The Morgan fingerprint density at radius 3 is 2.70 bits per heavy atom. The van der Waals surface area contributed by atoms with Crippen LogP contribution in [0.25, 0.3) is 17.1 Å². The monoisotopic (exact) mass is 448 g/mol. The molecule has 1 N–H and O–H groups in total. The molecule has 0 spiro atoms. The highest BCUT2D eigenvalue weighted by atomic mass is 16.5. The van der Waals surface area contributed by atoms with Crippen molar-refractivity contribution in [2.24, 2.45) is 0 Å². The molecule has 0 unspecified atom stereocenters. The average molecular weight is 449 g/mol. The largest absolute Gasteiger partial charge is 0.493 e. The number of amides is 2. The van der Waals surface area contributed by atoms with Crippen LogP contribution in [0.5, 0.6) is 11.5 Å². The standard InChI is InChI=1S/C25H28N4O4/c1-4-5-9-29-16-26-20-14-19(6-7-21(20)29)27-24(30)15-28-10-8-17-11-22(32-2)23(33-3)12-18(17)13-25(28)31/h6-8,10-12,14,16H,4-5,9,13,15H2,1-3H3,(H,27,30). The van der Waals surface area contributed by atoms with Gasteiger partial charge in [-0.25, -0.2) is 4.98 Å². The number of ether oxygens (including phenoxy) is 2. The Kier molecular flexibility index (Phi) is 6.63. The van der Waals surface area contributed by atoms with Crippen molar-refractivity contribution in [3.05, 3.63) is 54.0 Å². The summed E-state index contributed by atoms with van der Waals surface area (Å²) in [5, 5.41) is 2.88. The molecule has 0 aliphatic carbocycles. The van der Waals surface area contributed by atoms with Crippen LogP contribution < -0.4 is 14.8 Å². The van der Waals surface area contributed by atoms with E-state index in [1.54, 1.807) is 26.5 Å². The van der Waals surface area contributed by atoms with Gasteiger partial charge in [-0.1, -0.05) is 13.3 Å². The van der Waals surface area contributed by atoms with Gasteiger partial charge in [0, 0.05) is 18.4 Å². The molecule has 2 aromatic carbocycles. The van der Waals surface area contributed by atoms with E-state index in [0.717, 1.165) is 41.5 Å².